The van der Waals surface area contributed by atoms with Crippen molar-refractivity contribution in [3.8, 4) is 67.7 Å². The molecule has 0 aliphatic heterocycles. The number of furan rings is 1. The molecule has 0 amide bonds. The summed E-state index contributed by atoms with van der Waals surface area (Å²) in [5.41, 5.74) is 11.0. The van der Waals surface area contributed by atoms with Crippen LogP contribution in [0, 0.1) is 0 Å². The van der Waals surface area contributed by atoms with E-state index in [1.54, 1.807) is 6.33 Å². The largest absolute Gasteiger partial charge is 0.452 e. The molecule has 0 bridgehead atoms. The van der Waals surface area contributed by atoms with E-state index in [9.17, 15) is 0 Å². The molecule has 230 valence electrons. The lowest BCUT2D eigenvalue weighted by atomic mass is 10.0. The number of hydrogen-bond acceptors (Lipinski definition) is 6. The number of rotatable bonds is 6. The van der Waals surface area contributed by atoms with E-state index in [1.165, 1.54) is 0 Å². The topological polar surface area (TPSA) is 77.6 Å². The summed E-state index contributed by atoms with van der Waals surface area (Å²) in [6, 6.07) is 53.4. The van der Waals surface area contributed by atoms with Crippen LogP contribution >= 0.6 is 0 Å². The minimum Gasteiger partial charge on any atom is -0.452 e. The Morgan fingerprint density at radius 1 is 0.367 bits per heavy atom. The van der Waals surface area contributed by atoms with Gasteiger partial charge in [-0.15, -0.1) is 0 Å². The molecule has 0 aliphatic rings. The van der Waals surface area contributed by atoms with Gasteiger partial charge in [-0.2, -0.15) is 0 Å². The summed E-state index contributed by atoms with van der Waals surface area (Å²) < 4.78 is 6.25. The summed E-state index contributed by atoms with van der Waals surface area (Å²) in [6.45, 7) is 0. The van der Waals surface area contributed by atoms with E-state index in [4.69, 9.17) is 19.4 Å². The quantitative estimate of drug-likeness (QED) is 0.182. The van der Waals surface area contributed by atoms with Crippen LogP contribution in [0.3, 0.4) is 0 Å². The van der Waals surface area contributed by atoms with Crippen molar-refractivity contribution in [2.75, 3.05) is 0 Å². The molecule has 6 nitrogen and oxygen atoms in total. The van der Waals surface area contributed by atoms with Gasteiger partial charge in [-0.3, -0.25) is 0 Å². The number of benzene rings is 6. The van der Waals surface area contributed by atoms with Crippen LogP contribution < -0.4 is 0 Å². The van der Waals surface area contributed by atoms with Gasteiger partial charge in [0.05, 0.1) is 0 Å². The molecule has 0 N–H and O–H groups in total. The molecular formula is C43H27N5O. The number of fused-ring (bicyclic) bond motifs is 3. The minimum absolute atomic E-state index is 0.566. The maximum absolute atomic E-state index is 6.25. The molecule has 3 aromatic heterocycles. The molecule has 9 aromatic rings. The number of para-hydroxylation sites is 1. The lowest BCUT2D eigenvalue weighted by Gasteiger charge is -2.10. The molecule has 3 heterocycles. The van der Waals surface area contributed by atoms with E-state index in [-0.39, 0.29) is 0 Å². The molecular weight excluding hydrogens is 603 g/mol. The third-order valence-electron chi connectivity index (χ3n) is 8.69. The fourth-order valence-corrected chi connectivity index (χ4v) is 6.18. The zero-order valence-corrected chi connectivity index (χ0v) is 26.2. The maximum atomic E-state index is 6.25. The summed E-state index contributed by atoms with van der Waals surface area (Å²) in [5.74, 6) is 1.76. The van der Waals surface area contributed by atoms with E-state index in [1.807, 2.05) is 78.9 Å². The summed E-state index contributed by atoms with van der Waals surface area (Å²) in [4.78, 5) is 24.2. The van der Waals surface area contributed by atoms with Crippen molar-refractivity contribution in [1.82, 2.24) is 24.9 Å². The van der Waals surface area contributed by atoms with Crippen molar-refractivity contribution in [1.29, 1.82) is 0 Å². The maximum Gasteiger partial charge on any atom is 0.180 e. The van der Waals surface area contributed by atoms with Crippen molar-refractivity contribution in [2.45, 2.75) is 0 Å². The van der Waals surface area contributed by atoms with Crippen LogP contribution in [0.15, 0.2) is 168 Å². The van der Waals surface area contributed by atoms with Crippen molar-refractivity contribution in [3.05, 3.63) is 164 Å². The van der Waals surface area contributed by atoms with Crippen LogP contribution in [-0.2, 0) is 0 Å². The molecule has 0 saturated heterocycles. The predicted molar refractivity (Wildman–Crippen MR) is 195 cm³/mol. The molecule has 0 fully saturated rings. The highest BCUT2D eigenvalue weighted by molar-refractivity contribution is 6.06. The zero-order valence-electron chi connectivity index (χ0n) is 26.2. The third kappa shape index (κ3) is 5.41. The van der Waals surface area contributed by atoms with Gasteiger partial charge in [-0.05, 0) is 40.5 Å². The average molecular weight is 630 g/mol. The van der Waals surface area contributed by atoms with Crippen molar-refractivity contribution in [2.24, 2.45) is 0 Å². The Labute approximate surface area is 282 Å². The van der Waals surface area contributed by atoms with Gasteiger partial charge in [0.2, 0.25) is 0 Å². The highest BCUT2D eigenvalue weighted by atomic mass is 16.3. The van der Waals surface area contributed by atoms with Crippen LogP contribution in [0.2, 0.25) is 0 Å². The SMILES string of the molecule is c1ccc(-c2ccc(-c3nc(-c4ccc(-c5ccccc5)cc4)nc(-c4cccc(-c5ncnc6c5oc5ccccc56)c4)n3)cc2)cc1. The van der Waals surface area contributed by atoms with E-state index in [0.29, 0.717) is 28.8 Å². The van der Waals surface area contributed by atoms with E-state index in [0.717, 1.165) is 61.0 Å². The Morgan fingerprint density at radius 2 is 0.837 bits per heavy atom. The first-order valence-corrected chi connectivity index (χ1v) is 16.1. The Balaban J connectivity index is 1.16. The molecule has 9 rings (SSSR count). The first-order valence-electron chi connectivity index (χ1n) is 16.1. The molecule has 6 heteroatoms. The predicted octanol–water partition coefficient (Wildman–Crippen LogP) is 10.6. The fourth-order valence-electron chi connectivity index (χ4n) is 6.18. The zero-order chi connectivity index (χ0) is 32.6. The second-order valence-electron chi connectivity index (χ2n) is 11.8. The van der Waals surface area contributed by atoms with Gasteiger partial charge in [0.25, 0.3) is 0 Å². The van der Waals surface area contributed by atoms with Gasteiger partial charge in [0, 0.05) is 27.6 Å². The van der Waals surface area contributed by atoms with Crippen LogP contribution in [0.1, 0.15) is 0 Å². The van der Waals surface area contributed by atoms with Crippen LogP contribution in [0.5, 0.6) is 0 Å². The second kappa shape index (κ2) is 12.1. The van der Waals surface area contributed by atoms with Crippen molar-refractivity contribution in [3.63, 3.8) is 0 Å². The van der Waals surface area contributed by atoms with E-state index in [2.05, 4.69) is 88.8 Å². The smallest absolute Gasteiger partial charge is 0.180 e. The third-order valence-corrected chi connectivity index (χ3v) is 8.69. The minimum atomic E-state index is 0.566. The van der Waals surface area contributed by atoms with Crippen molar-refractivity contribution < 1.29 is 4.42 Å². The van der Waals surface area contributed by atoms with Crippen LogP contribution in [0.25, 0.3) is 89.7 Å². The van der Waals surface area contributed by atoms with Gasteiger partial charge in [0.15, 0.2) is 23.1 Å². The normalized spacial score (nSPS) is 11.3. The molecule has 0 unspecified atom stereocenters. The lowest BCUT2D eigenvalue weighted by Crippen LogP contribution is -2.00. The van der Waals surface area contributed by atoms with Gasteiger partial charge in [-0.1, -0.05) is 140 Å². The van der Waals surface area contributed by atoms with Gasteiger partial charge in [0.1, 0.15) is 23.1 Å². The summed E-state index contributed by atoms with van der Waals surface area (Å²) in [7, 11) is 0. The van der Waals surface area contributed by atoms with Crippen LogP contribution in [0.4, 0.5) is 0 Å². The van der Waals surface area contributed by atoms with Crippen LogP contribution in [-0.4, -0.2) is 24.9 Å². The Hall–Kier alpha value is -6.79. The average Bonchev–Trinajstić information content (AvgIpc) is 3.58. The standard InChI is InChI=1S/C43H27N5O/c1-3-10-28(11-4-1)30-18-22-32(23-19-30)41-46-42(33-24-20-31(21-25-33)29-12-5-2-6-13-29)48-43(47-41)35-15-9-14-34(26-35)38-40-39(45-27-44-38)36-16-7-8-17-37(36)49-40/h1-27H. The number of nitrogens with zero attached hydrogens (tertiary/aromatic N) is 5. The van der Waals surface area contributed by atoms with Gasteiger partial charge < -0.3 is 4.42 Å². The molecule has 0 spiro atoms. The molecule has 49 heavy (non-hydrogen) atoms. The highest BCUT2D eigenvalue weighted by Gasteiger charge is 2.17. The molecule has 0 aliphatic carbocycles. The first kappa shape index (κ1) is 28.4. The fraction of sp³-hybridized carbons (Fsp3) is 0. The molecule has 0 radical (unpaired) electrons. The van der Waals surface area contributed by atoms with E-state index < -0.39 is 0 Å². The Kier molecular flexibility index (Phi) is 7.02. The lowest BCUT2D eigenvalue weighted by molar-refractivity contribution is 0.667. The summed E-state index contributed by atoms with van der Waals surface area (Å²) >= 11 is 0. The molecule has 6 aromatic carbocycles. The summed E-state index contributed by atoms with van der Waals surface area (Å²) in [6.07, 6.45) is 1.59. The molecule has 0 atom stereocenters. The Morgan fingerprint density at radius 3 is 1.45 bits per heavy atom. The van der Waals surface area contributed by atoms with E-state index >= 15 is 0 Å². The highest BCUT2D eigenvalue weighted by Crippen LogP contribution is 2.35. The first-order chi connectivity index (χ1) is 24.3. The Bertz CT molecular complexity index is 2480. The van der Waals surface area contributed by atoms with Gasteiger partial charge in [-0.25, -0.2) is 24.9 Å². The monoisotopic (exact) mass is 629 g/mol. The van der Waals surface area contributed by atoms with Gasteiger partial charge >= 0.3 is 0 Å². The van der Waals surface area contributed by atoms with Crippen molar-refractivity contribution >= 4 is 22.1 Å². The number of hydrogen-bond donors (Lipinski definition) is 0. The summed E-state index contributed by atoms with van der Waals surface area (Å²) in [5, 5.41) is 0.959. The molecule has 0 saturated carbocycles. The second-order valence-corrected chi connectivity index (χ2v) is 11.8. The number of aromatic nitrogens is 5.